The molecule has 0 amide bonds. The Labute approximate surface area is 170 Å². The summed E-state index contributed by atoms with van der Waals surface area (Å²) in [6.45, 7) is 19.4. The van der Waals surface area contributed by atoms with Gasteiger partial charge < -0.3 is 23.7 Å². The molecule has 1 saturated heterocycles. The molecule has 0 aromatic carbocycles. The zero-order chi connectivity index (χ0) is 22.1. The first-order chi connectivity index (χ1) is 12.6. The van der Waals surface area contributed by atoms with Gasteiger partial charge in [0.05, 0.1) is 6.61 Å². The number of ether oxygens (including phenoxy) is 3. The van der Waals surface area contributed by atoms with Crippen LogP contribution in [0.15, 0.2) is 0 Å². The Morgan fingerprint density at radius 3 is 2.00 bits per heavy atom. The predicted octanol–water partition coefficient (Wildman–Crippen LogP) is 4.18. The van der Waals surface area contributed by atoms with E-state index >= 15 is 0 Å². The van der Waals surface area contributed by atoms with Gasteiger partial charge in [-0.2, -0.15) is 0 Å². The summed E-state index contributed by atoms with van der Waals surface area (Å²) in [6, 6.07) is 0. The van der Waals surface area contributed by atoms with Gasteiger partial charge in [-0.15, -0.1) is 0 Å². The molecule has 0 radical (unpaired) electrons. The first-order valence-electron chi connectivity index (χ1n) is 10.0. The third-order valence-electron chi connectivity index (χ3n) is 5.38. The van der Waals surface area contributed by atoms with E-state index in [4.69, 9.17) is 18.6 Å². The number of hydrogen-bond donors (Lipinski definition) is 1. The van der Waals surface area contributed by atoms with Gasteiger partial charge in [0.25, 0.3) is 0 Å². The standard InChI is InChI=1S/C20H38O7Si/c1-12(2)28(13(3)4,14(5)6)24-11-15-16(20(10,23)17(21)25-15)26-18(22)27-19(7,8)9/h12-16,23H,11H2,1-10H3/t15-,16-,20+/m1/s1. The monoisotopic (exact) mass is 418 g/mol. The molecule has 1 fully saturated rings. The fourth-order valence-electron chi connectivity index (χ4n) is 4.21. The molecule has 28 heavy (non-hydrogen) atoms. The van der Waals surface area contributed by atoms with Crippen LogP contribution in [0, 0.1) is 0 Å². The van der Waals surface area contributed by atoms with Gasteiger partial charge in [0.1, 0.15) is 5.60 Å². The Morgan fingerprint density at radius 2 is 1.61 bits per heavy atom. The molecule has 164 valence electrons. The molecule has 0 saturated carbocycles. The van der Waals surface area contributed by atoms with Crippen molar-refractivity contribution in [2.45, 2.75) is 109 Å². The van der Waals surface area contributed by atoms with E-state index in [1.165, 1.54) is 6.92 Å². The molecule has 0 spiro atoms. The van der Waals surface area contributed by atoms with Crippen LogP contribution in [0.1, 0.15) is 69.2 Å². The summed E-state index contributed by atoms with van der Waals surface area (Å²) in [5, 5.41) is 10.5. The van der Waals surface area contributed by atoms with Gasteiger partial charge in [0.15, 0.2) is 17.8 Å². The summed E-state index contributed by atoms with van der Waals surface area (Å²) in [6.07, 6.45) is -3.05. The van der Waals surface area contributed by atoms with Gasteiger partial charge in [-0.05, 0) is 44.3 Å². The first kappa shape index (κ1) is 24.9. The fourth-order valence-corrected chi connectivity index (χ4v) is 9.67. The lowest BCUT2D eigenvalue weighted by atomic mass is 9.98. The van der Waals surface area contributed by atoms with Crippen molar-refractivity contribution in [2.24, 2.45) is 0 Å². The highest BCUT2D eigenvalue weighted by atomic mass is 28.4. The van der Waals surface area contributed by atoms with Crippen LogP contribution in [0.5, 0.6) is 0 Å². The van der Waals surface area contributed by atoms with E-state index in [0.717, 1.165) is 0 Å². The van der Waals surface area contributed by atoms with Crippen LogP contribution in [0.2, 0.25) is 16.6 Å². The van der Waals surface area contributed by atoms with E-state index < -0.39 is 43.9 Å². The molecule has 1 heterocycles. The van der Waals surface area contributed by atoms with Crippen LogP contribution in [0.4, 0.5) is 4.79 Å². The molecule has 0 bridgehead atoms. The lowest BCUT2D eigenvalue weighted by Crippen LogP contribution is -2.52. The van der Waals surface area contributed by atoms with Crippen molar-refractivity contribution < 1.29 is 33.3 Å². The molecule has 1 aliphatic heterocycles. The molecule has 1 rings (SSSR count). The Hall–Kier alpha value is -1.12. The fraction of sp³-hybridized carbons (Fsp3) is 0.900. The van der Waals surface area contributed by atoms with Crippen LogP contribution >= 0.6 is 0 Å². The summed E-state index contributed by atoms with van der Waals surface area (Å²) in [4.78, 5) is 24.3. The molecule has 3 atom stereocenters. The molecule has 8 heteroatoms. The normalized spacial score (nSPS) is 26.1. The lowest BCUT2D eigenvalue weighted by Gasteiger charge is -2.42. The molecule has 0 aromatic rings. The van der Waals surface area contributed by atoms with Crippen molar-refractivity contribution in [3.05, 3.63) is 0 Å². The summed E-state index contributed by atoms with van der Waals surface area (Å²) in [5.41, 5.74) is -1.68. The quantitative estimate of drug-likeness (QED) is 0.490. The highest BCUT2D eigenvalue weighted by Gasteiger charge is 2.57. The Morgan fingerprint density at radius 1 is 1.14 bits per heavy atom. The second-order valence-electron chi connectivity index (χ2n) is 9.72. The number of rotatable bonds is 7. The van der Waals surface area contributed by atoms with Crippen LogP contribution in [-0.4, -0.2) is 55.6 Å². The number of carbonyl (C=O) groups is 2. The van der Waals surface area contributed by atoms with Crippen molar-refractivity contribution in [3.8, 4) is 0 Å². The summed E-state index contributed by atoms with van der Waals surface area (Å²) >= 11 is 0. The van der Waals surface area contributed by atoms with Crippen molar-refractivity contribution in [3.63, 3.8) is 0 Å². The molecule has 1 N–H and O–H groups in total. The Balaban J connectivity index is 3.03. The van der Waals surface area contributed by atoms with Gasteiger partial charge in [-0.1, -0.05) is 41.5 Å². The molecular formula is C20H38O7Si. The maximum atomic E-state index is 12.2. The van der Waals surface area contributed by atoms with Crippen LogP contribution in [0.3, 0.4) is 0 Å². The molecule has 1 aliphatic rings. The zero-order valence-corrected chi connectivity index (χ0v) is 20.0. The van der Waals surface area contributed by atoms with Gasteiger partial charge in [0.2, 0.25) is 8.32 Å². The van der Waals surface area contributed by atoms with Crippen LogP contribution in [0.25, 0.3) is 0 Å². The minimum atomic E-state index is -2.22. The second kappa shape index (κ2) is 8.71. The summed E-state index contributed by atoms with van der Waals surface area (Å²) in [5.74, 6) is -0.833. The minimum Gasteiger partial charge on any atom is -0.454 e. The molecular weight excluding hydrogens is 380 g/mol. The molecule has 0 unspecified atom stereocenters. The van der Waals surface area contributed by atoms with Crippen molar-refractivity contribution in [1.29, 1.82) is 0 Å². The zero-order valence-electron chi connectivity index (χ0n) is 19.0. The second-order valence-corrected chi connectivity index (χ2v) is 15.2. The van der Waals surface area contributed by atoms with Crippen LogP contribution in [-0.2, 0) is 23.4 Å². The maximum absolute atomic E-state index is 12.2. The third kappa shape index (κ3) is 5.27. The van der Waals surface area contributed by atoms with E-state index in [-0.39, 0.29) is 6.61 Å². The van der Waals surface area contributed by atoms with E-state index in [0.29, 0.717) is 16.6 Å². The molecule has 0 aromatic heterocycles. The summed E-state index contributed by atoms with van der Waals surface area (Å²) in [7, 11) is -2.22. The molecule has 7 nitrogen and oxygen atoms in total. The number of cyclic esters (lactones) is 1. The predicted molar refractivity (Wildman–Crippen MR) is 109 cm³/mol. The first-order valence-corrected chi connectivity index (χ1v) is 12.2. The number of aliphatic hydroxyl groups is 1. The van der Waals surface area contributed by atoms with E-state index in [1.54, 1.807) is 20.8 Å². The highest BCUT2D eigenvalue weighted by Crippen LogP contribution is 2.43. The smallest absolute Gasteiger partial charge is 0.454 e. The van der Waals surface area contributed by atoms with E-state index in [2.05, 4.69) is 41.5 Å². The third-order valence-corrected chi connectivity index (χ3v) is 11.5. The van der Waals surface area contributed by atoms with Crippen LogP contribution < -0.4 is 0 Å². The van der Waals surface area contributed by atoms with Crippen molar-refractivity contribution in [2.75, 3.05) is 6.61 Å². The number of carbonyl (C=O) groups excluding carboxylic acids is 2. The SMILES string of the molecule is CC(C)[Si](OC[C@H]1OC(=O)[C@@](C)(O)[C@@H]1OC(=O)OC(C)(C)C)(C(C)C)C(C)C. The van der Waals surface area contributed by atoms with Gasteiger partial charge in [0, 0.05) is 0 Å². The number of esters is 1. The Bertz CT molecular complexity index is 542. The van der Waals surface area contributed by atoms with Crippen molar-refractivity contribution in [1.82, 2.24) is 0 Å². The summed E-state index contributed by atoms with van der Waals surface area (Å²) < 4.78 is 22.3. The number of hydrogen-bond acceptors (Lipinski definition) is 7. The minimum absolute atomic E-state index is 0.0656. The topological polar surface area (TPSA) is 91.3 Å². The largest absolute Gasteiger partial charge is 0.509 e. The van der Waals surface area contributed by atoms with Gasteiger partial charge in [-0.25, -0.2) is 9.59 Å². The lowest BCUT2D eigenvalue weighted by molar-refractivity contribution is -0.155. The van der Waals surface area contributed by atoms with E-state index in [9.17, 15) is 14.7 Å². The van der Waals surface area contributed by atoms with Gasteiger partial charge >= 0.3 is 12.1 Å². The maximum Gasteiger partial charge on any atom is 0.509 e. The Kier molecular flexibility index (Phi) is 7.75. The van der Waals surface area contributed by atoms with Crippen molar-refractivity contribution >= 4 is 20.4 Å². The average molecular weight is 419 g/mol. The van der Waals surface area contributed by atoms with E-state index in [1.807, 2.05) is 0 Å². The molecule has 0 aliphatic carbocycles. The highest BCUT2D eigenvalue weighted by molar-refractivity contribution is 6.77. The average Bonchev–Trinajstić information content (AvgIpc) is 2.68. The van der Waals surface area contributed by atoms with Gasteiger partial charge in [-0.3, -0.25) is 0 Å².